The van der Waals surface area contributed by atoms with Crippen molar-refractivity contribution in [2.45, 2.75) is 58.5 Å². The number of aryl methyl sites for hydroxylation is 2. The summed E-state index contributed by atoms with van der Waals surface area (Å²) in [5.74, 6) is 0.328. The number of nitrogens with zero attached hydrogens (tertiary/aromatic N) is 3. The second kappa shape index (κ2) is 7.18. The summed E-state index contributed by atoms with van der Waals surface area (Å²) in [4.78, 5) is 21.5. The first-order chi connectivity index (χ1) is 12.5. The number of pyridine rings is 1. The normalized spacial score (nSPS) is 25.9. The van der Waals surface area contributed by atoms with Gasteiger partial charge in [-0.15, -0.1) is 0 Å². The lowest BCUT2D eigenvalue weighted by Gasteiger charge is -2.48. The summed E-state index contributed by atoms with van der Waals surface area (Å²) < 4.78 is 5.77. The number of carbonyl (C=O) groups excluding carboxylic acids is 1. The third-order valence-corrected chi connectivity index (χ3v) is 6.45. The Balaban J connectivity index is 1.39. The van der Waals surface area contributed by atoms with Crippen LogP contribution in [0.4, 0.5) is 5.69 Å². The number of carbonyl (C=O) groups is 1. The third-order valence-electron chi connectivity index (χ3n) is 6.45. The number of hydrogen-bond acceptors (Lipinski definition) is 4. The maximum atomic E-state index is 12.4. The Hall–Kier alpha value is -1.62. The fourth-order valence-electron chi connectivity index (χ4n) is 4.95. The van der Waals surface area contributed by atoms with Gasteiger partial charge >= 0.3 is 0 Å². The van der Waals surface area contributed by atoms with E-state index in [1.54, 1.807) is 0 Å². The quantitative estimate of drug-likeness (QED) is 0.834. The molecule has 1 amide bonds. The Kier molecular flexibility index (Phi) is 4.91. The fraction of sp³-hybridized carbons (Fsp3) is 0.714. The van der Waals surface area contributed by atoms with Crippen LogP contribution in [0.15, 0.2) is 12.1 Å². The summed E-state index contributed by atoms with van der Waals surface area (Å²) in [5, 5.41) is 0. The molecule has 5 heteroatoms. The van der Waals surface area contributed by atoms with Crippen molar-refractivity contribution in [3.8, 4) is 0 Å². The average molecular weight is 357 g/mol. The van der Waals surface area contributed by atoms with Gasteiger partial charge in [-0.25, -0.2) is 0 Å². The molecular formula is C21H31N3O2. The van der Waals surface area contributed by atoms with Crippen LogP contribution in [0, 0.1) is 19.3 Å². The SMILES string of the molecule is Cc1cc(N2CCC3(CCC(=O)N(C[C@H]4CCCO4)C3)CC2)cc(C)n1. The first-order valence-corrected chi connectivity index (χ1v) is 10.1. The zero-order valence-electron chi connectivity index (χ0n) is 16.2. The van der Waals surface area contributed by atoms with Crippen molar-refractivity contribution < 1.29 is 9.53 Å². The maximum Gasteiger partial charge on any atom is 0.222 e. The molecule has 5 nitrogen and oxygen atoms in total. The minimum Gasteiger partial charge on any atom is -0.376 e. The molecule has 4 rings (SSSR count). The molecule has 142 valence electrons. The van der Waals surface area contributed by atoms with Gasteiger partial charge in [0.15, 0.2) is 0 Å². The molecule has 0 saturated carbocycles. The lowest BCUT2D eigenvalue weighted by molar-refractivity contribution is -0.140. The van der Waals surface area contributed by atoms with Crippen molar-refractivity contribution >= 4 is 11.6 Å². The summed E-state index contributed by atoms with van der Waals surface area (Å²) in [6, 6.07) is 4.39. The number of rotatable bonds is 3. The predicted molar refractivity (Wildman–Crippen MR) is 102 cm³/mol. The second-order valence-electron chi connectivity index (χ2n) is 8.50. The molecule has 0 radical (unpaired) electrons. The highest BCUT2D eigenvalue weighted by molar-refractivity contribution is 5.77. The molecular weight excluding hydrogens is 326 g/mol. The van der Waals surface area contributed by atoms with Crippen LogP contribution in [0.3, 0.4) is 0 Å². The molecule has 3 aliphatic rings. The minimum absolute atomic E-state index is 0.261. The number of piperidine rings is 2. The zero-order chi connectivity index (χ0) is 18.1. The van der Waals surface area contributed by atoms with Gasteiger partial charge in [-0.3, -0.25) is 9.78 Å². The second-order valence-corrected chi connectivity index (χ2v) is 8.50. The summed E-state index contributed by atoms with van der Waals surface area (Å²) in [6.07, 6.45) is 6.60. The smallest absolute Gasteiger partial charge is 0.222 e. The van der Waals surface area contributed by atoms with E-state index < -0.39 is 0 Å². The van der Waals surface area contributed by atoms with Gasteiger partial charge in [0.2, 0.25) is 5.91 Å². The van der Waals surface area contributed by atoms with Crippen molar-refractivity contribution in [1.29, 1.82) is 0 Å². The van der Waals surface area contributed by atoms with Crippen LogP contribution < -0.4 is 4.90 Å². The molecule has 0 N–H and O–H groups in total. The fourth-order valence-corrected chi connectivity index (χ4v) is 4.95. The van der Waals surface area contributed by atoms with Crippen molar-refractivity contribution in [3.05, 3.63) is 23.5 Å². The van der Waals surface area contributed by atoms with E-state index in [2.05, 4.69) is 40.8 Å². The number of aromatic nitrogens is 1. The molecule has 0 bridgehead atoms. The molecule has 0 aromatic carbocycles. The van der Waals surface area contributed by atoms with E-state index in [-0.39, 0.29) is 6.10 Å². The van der Waals surface area contributed by atoms with E-state index in [1.165, 1.54) is 18.5 Å². The Bertz CT molecular complexity index is 641. The molecule has 3 aliphatic heterocycles. The Morgan fingerprint density at radius 3 is 2.58 bits per heavy atom. The number of ether oxygens (including phenoxy) is 1. The highest BCUT2D eigenvalue weighted by Crippen LogP contribution is 2.41. The molecule has 1 aromatic heterocycles. The monoisotopic (exact) mass is 357 g/mol. The van der Waals surface area contributed by atoms with E-state index in [0.717, 1.165) is 63.4 Å². The van der Waals surface area contributed by atoms with Crippen molar-refractivity contribution in [1.82, 2.24) is 9.88 Å². The van der Waals surface area contributed by atoms with Gasteiger partial charge in [-0.2, -0.15) is 0 Å². The average Bonchev–Trinajstić information content (AvgIpc) is 3.11. The number of hydrogen-bond donors (Lipinski definition) is 0. The van der Waals surface area contributed by atoms with Crippen LogP contribution in [-0.4, -0.2) is 54.7 Å². The standard InChI is InChI=1S/C21H31N3O2/c1-16-12-18(13-17(2)22-16)23-9-7-21(8-10-23)6-5-20(25)24(15-21)14-19-4-3-11-26-19/h12-13,19H,3-11,14-15H2,1-2H3/t19-/m1/s1. The molecule has 1 spiro atoms. The van der Waals surface area contributed by atoms with E-state index in [4.69, 9.17) is 4.74 Å². The molecule has 3 saturated heterocycles. The molecule has 4 heterocycles. The van der Waals surface area contributed by atoms with Crippen LogP contribution >= 0.6 is 0 Å². The Labute approximate surface area is 156 Å². The first-order valence-electron chi connectivity index (χ1n) is 10.1. The van der Waals surface area contributed by atoms with Crippen molar-refractivity contribution in [2.24, 2.45) is 5.41 Å². The van der Waals surface area contributed by atoms with Gasteiger partial charge in [0.05, 0.1) is 6.10 Å². The van der Waals surface area contributed by atoms with Crippen molar-refractivity contribution in [2.75, 3.05) is 37.7 Å². The van der Waals surface area contributed by atoms with Crippen LogP contribution in [0.2, 0.25) is 0 Å². The Morgan fingerprint density at radius 2 is 1.92 bits per heavy atom. The van der Waals surface area contributed by atoms with Gasteiger partial charge in [-0.1, -0.05) is 0 Å². The maximum absolute atomic E-state index is 12.4. The van der Waals surface area contributed by atoms with Gasteiger partial charge in [0.1, 0.15) is 0 Å². The molecule has 3 fully saturated rings. The highest BCUT2D eigenvalue weighted by Gasteiger charge is 2.41. The number of likely N-dealkylation sites (tertiary alicyclic amines) is 1. The van der Waals surface area contributed by atoms with E-state index in [9.17, 15) is 4.79 Å². The van der Waals surface area contributed by atoms with E-state index in [0.29, 0.717) is 17.7 Å². The lowest BCUT2D eigenvalue weighted by atomic mass is 9.72. The summed E-state index contributed by atoms with van der Waals surface area (Å²) in [7, 11) is 0. The predicted octanol–water partition coefficient (Wildman–Crippen LogP) is 3.09. The first kappa shape index (κ1) is 17.8. The Morgan fingerprint density at radius 1 is 1.19 bits per heavy atom. The topological polar surface area (TPSA) is 45.7 Å². The number of anilines is 1. The molecule has 0 unspecified atom stereocenters. The van der Waals surface area contributed by atoms with Gasteiger partial charge < -0.3 is 14.5 Å². The van der Waals surface area contributed by atoms with E-state index in [1.807, 2.05) is 0 Å². The van der Waals surface area contributed by atoms with Crippen molar-refractivity contribution in [3.63, 3.8) is 0 Å². The summed E-state index contributed by atoms with van der Waals surface area (Å²) in [6.45, 7) is 8.86. The summed E-state index contributed by atoms with van der Waals surface area (Å²) in [5.41, 5.74) is 3.78. The largest absolute Gasteiger partial charge is 0.376 e. The van der Waals surface area contributed by atoms with Gasteiger partial charge in [-0.05, 0) is 63.5 Å². The van der Waals surface area contributed by atoms with Gasteiger partial charge in [0.25, 0.3) is 0 Å². The van der Waals surface area contributed by atoms with Crippen LogP contribution in [0.5, 0.6) is 0 Å². The van der Waals surface area contributed by atoms with Crippen LogP contribution in [0.25, 0.3) is 0 Å². The van der Waals surface area contributed by atoms with E-state index >= 15 is 0 Å². The molecule has 1 aromatic rings. The molecule has 0 aliphatic carbocycles. The molecule has 26 heavy (non-hydrogen) atoms. The van der Waals surface area contributed by atoms with Crippen LogP contribution in [-0.2, 0) is 9.53 Å². The summed E-state index contributed by atoms with van der Waals surface area (Å²) >= 11 is 0. The zero-order valence-corrected chi connectivity index (χ0v) is 16.2. The minimum atomic E-state index is 0.261. The third kappa shape index (κ3) is 3.73. The van der Waals surface area contributed by atoms with Crippen LogP contribution in [0.1, 0.15) is 49.9 Å². The number of amides is 1. The molecule has 1 atom stereocenters. The van der Waals surface area contributed by atoms with Gasteiger partial charge in [0, 0.05) is 56.3 Å². The highest BCUT2D eigenvalue weighted by atomic mass is 16.5. The lowest BCUT2D eigenvalue weighted by Crippen LogP contribution is -2.53.